The first kappa shape index (κ1) is 14.3. The molecular weight excluding hydrogens is 263 g/mol. The Hall–Kier alpha value is -2.11. The Morgan fingerprint density at radius 2 is 2.05 bits per heavy atom. The van der Waals surface area contributed by atoms with Crippen molar-refractivity contribution in [2.24, 2.45) is 5.92 Å². The zero-order valence-corrected chi connectivity index (χ0v) is 11.4. The number of rotatable bonds is 2. The van der Waals surface area contributed by atoms with Crippen molar-refractivity contribution >= 4 is 17.7 Å². The quantitative estimate of drug-likeness (QED) is 0.903. The smallest absolute Gasteiger partial charge is 0.326 e. The molecule has 2 rings (SSSR count). The fourth-order valence-electron chi connectivity index (χ4n) is 2.56. The van der Waals surface area contributed by atoms with Crippen LogP contribution >= 0.6 is 0 Å². The molecule has 1 fully saturated rings. The second-order valence-corrected chi connectivity index (χ2v) is 5.04. The maximum Gasteiger partial charge on any atom is 0.326 e. The third kappa shape index (κ3) is 2.45. The molecule has 1 N–H and O–H groups in total. The number of para-hydroxylation sites is 1. The lowest BCUT2D eigenvalue weighted by Crippen LogP contribution is -2.48. The molecule has 1 heterocycles. The molecule has 6 heteroatoms. The van der Waals surface area contributed by atoms with Crippen molar-refractivity contribution in [1.82, 2.24) is 4.90 Å². The zero-order chi connectivity index (χ0) is 14.9. The van der Waals surface area contributed by atoms with E-state index in [0.29, 0.717) is 13.0 Å². The number of benzene rings is 1. The molecule has 0 spiro atoms. The van der Waals surface area contributed by atoms with Crippen LogP contribution < -0.4 is 4.90 Å². The van der Waals surface area contributed by atoms with Crippen LogP contribution in [0.15, 0.2) is 24.3 Å². The van der Waals surface area contributed by atoms with Gasteiger partial charge in [0.15, 0.2) is 0 Å². The molecule has 1 aliphatic rings. The molecule has 0 radical (unpaired) electrons. The first-order chi connectivity index (χ1) is 9.43. The molecule has 1 aromatic rings. The maximum absolute atomic E-state index is 13.7. The van der Waals surface area contributed by atoms with Crippen LogP contribution in [0.5, 0.6) is 0 Å². The van der Waals surface area contributed by atoms with E-state index in [1.165, 1.54) is 30.1 Å². The van der Waals surface area contributed by atoms with Gasteiger partial charge in [0.05, 0.1) is 5.69 Å². The Morgan fingerprint density at radius 1 is 1.40 bits per heavy atom. The molecule has 0 aliphatic carbocycles. The lowest BCUT2D eigenvalue weighted by Gasteiger charge is -2.28. The number of halogens is 1. The molecule has 2 atom stereocenters. The highest BCUT2D eigenvalue weighted by Crippen LogP contribution is 2.27. The molecule has 0 bridgehead atoms. The number of carboxylic acid groups (broad SMARTS) is 1. The van der Waals surface area contributed by atoms with E-state index in [1.807, 2.05) is 0 Å². The van der Waals surface area contributed by atoms with Crippen LogP contribution in [0.1, 0.15) is 13.3 Å². The normalized spacial score (nSPS) is 21.9. The van der Waals surface area contributed by atoms with E-state index >= 15 is 0 Å². The first-order valence-electron chi connectivity index (χ1n) is 6.45. The van der Waals surface area contributed by atoms with Gasteiger partial charge in [-0.25, -0.2) is 14.0 Å². The van der Waals surface area contributed by atoms with Crippen LogP contribution in [0.3, 0.4) is 0 Å². The Bertz CT molecular complexity index is 535. The van der Waals surface area contributed by atoms with Crippen LogP contribution in [-0.4, -0.2) is 41.6 Å². The van der Waals surface area contributed by atoms with Crippen LogP contribution in [0.2, 0.25) is 0 Å². The fourth-order valence-corrected chi connectivity index (χ4v) is 2.56. The van der Waals surface area contributed by atoms with Crippen LogP contribution in [0.25, 0.3) is 0 Å². The van der Waals surface area contributed by atoms with E-state index in [4.69, 9.17) is 0 Å². The molecule has 20 heavy (non-hydrogen) atoms. The predicted molar refractivity (Wildman–Crippen MR) is 72.1 cm³/mol. The Morgan fingerprint density at radius 3 is 2.65 bits per heavy atom. The number of carboxylic acids is 1. The van der Waals surface area contributed by atoms with Crippen LogP contribution in [-0.2, 0) is 4.79 Å². The highest BCUT2D eigenvalue weighted by Gasteiger charge is 2.40. The predicted octanol–water partition coefficient (Wildman–Crippen LogP) is 2.18. The van der Waals surface area contributed by atoms with Crippen molar-refractivity contribution in [2.75, 3.05) is 18.5 Å². The second-order valence-electron chi connectivity index (χ2n) is 5.04. The molecule has 1 aromatic carbocycles. The van der Waals surface area contributed by atoms with Crippen molar-refractivity contribution in [3.05, 3.63) is 30.1 Å². The van der Waals surface area contributed by atoms with E-state index in [0.717, 1.165) is 4.90 Å². The largest absolute Gasteiger partial charge is 0.480 e. The summed E-state index contributed by atoms with van der Waals surface area (Å²) in [4.78, 5) is 26.1. The van der Waals surface area contributed by atoms with E-state index in [2.05, 4.69) is 0 Å². The average molecular weight is 280 g/mol. The molecule has 1 saturated heterocycles. The van der Waals surface area contributed by atoms with Crippen molar-refractivity contribution in [1.29, 1.82) is 0 Å². The molecule has 1 aliphatic heterocycles. The summed E-state index contributed by atoms with van der Waals surface area (Å²) >= 11 is 0. The lowest BCUT2D eigenvalue weighted by atomic mass is 10.0. The molecule has 2 unspecified atom stereocenters. The monoisotopic (exact) mass is 280 g/mol. The Balaban J connectivity index is 2.23. The minimum atomic E-state index is -1.02. The third-order valence-electron chi connectivity index (χ3n) is 3.70. The summed E-state index contributed by atoms with van der Waals surface area (Å²) in [5.74, 6) is -1.64. The number of amides is 2. The summed E-state index contributed by atoms with van der Waals surface area (Å²) in [5, 5.41) is 9.22. The van der Waals surface area contributed by atoms with Gasteiger partial charge < -0.3 is 10.0 Å². The lowest BCUT2D eigenvalue weighted by molar-refractivity contribution is -0.142. The maximum atomic E-state index is 13.7. The standard InChI is InChI=1S/C14H17FN2O3/c1-9-7-8-17(12(9)13(18)19)14(20)16(2)11-6-4-3-5-10(11)15/h3-6,9,12H,7-8H2,1-2H3,(H,18,19). The molecule has 108 valence electrons. The number of carbonyl (C=O) groups is 2. The van der Waals surface area contributed by atoms with Crippen LogP contribution in [0.4, 0.5) is 14.9 Å². The van der Waals surface area contributed by atoms with Gasteiger partial charge >= 0.3 is 12.0 Å². The minimum absolute atomic E-state index is 0.106. The van der Waals surface area contributed by atoms with E-state index in [-0.39, 0.29) is 11.6 Å². The van der Waals surface area contributed by atoms with E-state index in [9.17, 15) is 19.1 Å². The summed E-state index contributed by atoms with van der Waals surface area (Å²) in [6.07, 6.45) is 0.633. The summed E-state index contributed by atoms with van der Waals surface area (Å²) < 4.78 is 13.7. The SMILES string of the molecule is CC1CCN(C(=O)N(C)c2ccccc2F)C1C(=O)O. The van der Waals surface area contributed by atoms with Gasteiger partial charge in [0.2, 0.25) is 0 Å². The summed E-state index contributed by atoms with van der Waals surface area (Å²) in [6, 6.07) is 4.57. The summed E-state index contributed by atoms with van der Waals surface area (Å²) in [7, 11) is 1.45. The third-order valence-corrected chi connectivity index (χ3v) is 3.70. The van der Waals surface area contributed by atoms with Gasteiger partial charge in [-0.2, -0.15) is 0 Å². The van der Waals surface area contributed by atoms with Crippen molar-refractivity contribution in [3.8, 4) is 0 Å². The van der Waals surface area contributed by atoms with Crippen molar-refractivity contribution < 1.29 is 19.1 Å². The highest BCUT2D eigenvalue weighted by atomic mass is 19.1. The summed E-state index contributed by atoms with van der Waals surface area (Å²) in [6.45, 7) is 2.17. The highest BCUT2D eigenvalue weighted by molar-refractivity contribution is 5.94. The fraction of sp³-hybridized carbons (Fsp3) is 0.429. The van der Waals surface area contributed by atoms with Crippen molar-refractivity contribution in [3.63, 3.8) is 0 Å². The van der Waals surface area contributed by atoms with E-state index < -0.39 is 23.9 Å². The number of nitrogens with zero attached hydrogens (tertiary/aromatic N) is 2. The second kappa shape index (κ2) is 5.48. The molecule has 5 nitrogen and oxygen atoms in total. The van der Waals surface area contributed by atoms with Crippen LogP contribution in [0, 0.1) is 11.7 Å². The molecule has 0 aromatic heterocycles. The Kier molecular flexibility index (Phi) is 3.92. The number of aliphatic carboxylic acids is 1. The van der Waals surface area contributed by atoms with Gasteiger partial charge in [0.1, 0.15) is 11.9 Å². The van der Waals surface area contributed by atoms with Crippen molar-refractivity contribution in [2.45, 2.75) is 19.4 Å². The summed E-state index contributed by atoms with van der Waals surface area (Å²) in [5.41, 5.74) is 0.140. The number of carbonyl (C=O) groups excluding carboxylic acids is 1. The molecular formula is C14H17FN2O3. The number of anilines is 1. The average Bonchev–Trinajstić information content (AvgIpc) is 2.79. The van der Waals surface area contributed by atoms with Gasteiger partial charge in [-0.3, -0.25) is 4.90 Å². The van der Waals surface area contributed by atoms with E-state index in [1.54, 1.807) is 13.0 Å². The molecule has 0 saturated carbocycles. The van der Waals surface area contributed by atoms with Gasteiger partial charge in [0.25, 0.3) is 0 Å². The molecule has 2 amide bonds. The van der Waals surface area contributed by atoms with Gasteiger partial charge in [-0.1, -0.05) is 19.1 Å². The first-order valence-corrected chi connectivity index (χ1v) is 6.45. The zero-order valence-electron chi connectivity index (χ0n) is 11.4. The topological polar surface area (TPSA) is 60.9 Å². The van der Waals surface area contributed by atoms with Gasteiger partial charge in [0, 0.05) is 13.6 Å². The number of hydrogen-bond acceptors (Lipinski definition) is 2. The van der Waals surface area contributed by atoms with Gasteiger partial charge in [-0.15, -0.1) is 0 Å². The number of likely N-dealkylation sites (tertiary alicyclic amines) is 1. The number of urea groups is 1. The number of hydrogen-bond donors (Lipinski definition) is 1. The minimum Gasteiger partial charge on any atom is -0.480 e. The Labute approximate surface area is 116 Å². The van der Waals surface area contributed by atoms with Gasteiger partial charge in [-0.05, 0) is 24.5 Å².